The number of hydrogen-bond acceptors (Lipinski definition) is 9. The van der Waals surface area contributed by atoms with Gasteiger partial charge in [0.15, 0.2) is 0 Å². The number of aromatic nitrogens is 3. The lowest BCUT2D eigenvalue weighted by atomic mass is 10.2. The van der Waals surface area contributed by atoms with Crippen LogP contribution in [0.1, 0.15) is 0 Å². The molecule has 0 amide bonds. The molecule has 206 valence electrons. The molecule has 0 fully saturated rings. The molecule has 0 saturated heterocycles. The summed E-state index contributed by atoms with van der Waals surface area (Å²) in [6.07, 6.45) is 5.57. The summed E-state index contributed by atoms with van der Waals surface area (Å²) < 4.78 is 13.1. The van der Waals surface area contributed by atoms with E-state index in [1.165, 1.54) is 6.08 Å². The van der Waals surface area contributed by atoms with Crippen LogP contribution in [0.5, 0.6) is 11.5 Å². The molecule has 0 radical (unpaired) electrons. The number of anilines is 4. The number of aldehydes is 1. The molecule has 0 unspecified atom stereocenters. The van der Waals surface area contributed by atoms with Gasteiger partial charge in [-0.2, -0.15) is 4.98 Å². The molecule has 10 heteroatoms. The smallest absolute Gasteiger partial charge is 0.229 e. The monoisotopic (exact) mass is 531 g/mol. The number of likely N-dealkylation sites (N-methyl/N-ethyl adjacent to an activating group) is 2. The maximum Gasteiger partial charge on any atom is 0.229 e. The number of hydrogen-bond donors (Lipinski definition) is 2. The minimum absolute atomic E-state index is 0.473. The average molecular weight is 532 g/mol. The highest BCUT2D eigenvalue weighted by Crippen LogP contribution is 2.37. The first-order valence-electron chi connectivity index (χ1n) is 12.4. The molecule has 0 bridgehead atoms. The molecule has 0 saturated carbocycles. The molecule has 39 heavy (non-hydrogen) atoms. The predicted octanol–water partition coefficient (Wildman–Crippen LogP) is 4.59. The van der Waals surface area contributed by atoms with Crippen LogP contribution < -0.4 is 25.0 Å². The number of rotatable bonds is 11. The van der Waals surface area contributed by atoms with E-state index < -0.39 is 0 Å². The fraction of sp³-hybridized carbons (Fsp3) is 0.276. The molecule has 0 spiro atoms. The quantitative estimate of drug-likeness (QED) is 0.213. The zero-order chi connectivity index (χ0) is 28.4. The van der Waals surface area contributed by atoms with E-state index in [4.69, 9.17) is 19.3 Å². The van der Waals surface area contributed by atoms with Crippen molar-refractivity contribution >= 4 is 40.2 Å². The average Bonchev–Trinajstić information content (AvgIpc) is 3.39. The number of nitrogens with zero attached hydrogens (tertiary/aromatic N) is 5. The predicted molar refractivity (Wildman–Crippen MR) is 159 cm³/mol. The van der Waals surface area contributed by atoms with Gasteiger partial charge in [0.2, 0.25) is 5.95 Å². The largest absolute Gasteiger partial charge is 0.497 e. The zero-order valence-electron chi connectivity index (χ0n) is 23.4. The second-order valence-corrected chi connectivity index (χ2v) is 8.89. The van der Waals surface area contributed by atoms with E-state index >= 15 is 0 Å². The Kier molecular flexibility index (Phi) is 10.3. The van der Waals surface area contributed by atoms with Gasteiger partial charge in [-0.05, 0) is 50.5 Å². The third kappa shape index (κ3) is 7.26. The molecule has 4 rings (SSSR count). The van der Waals surface area contributed by atoms with Crippen LogP contribution in [0, 0.1) is 0 Å². The Labute approximate surface area is 229 Å². The molecule has 0 aliphatic carbocycles. The lowest BCUT2D eigenvalue weighted by molar-refractivity contribution is -0.104. The van der Waals surface area contributed by atoms with Crippen molar-refractivity contribution < 1.29 is 14.3 Å². The van der Waals surface area contributed by atoms with Crippen LogP contribution in [0.2, 0.25) is 0 Å². The molecule has 2 N–H and O–H groups in total. The summed E-state index contributed by atoms with van der Waals surface area (Å²) in [4.78, 5) is 22.6. The van der Waals surface area contributed by atoms with Crippen LogP contribution in [-0.2, 0) is 4.79 Å². The van der Waals surface area contributed by atoms with Gasteiger partial charge in [0.25, 0.3) is 0 Å². The van der Waals surface area contributed by atoms with Crippen molar-refractivity contribution in [2.45, 2.75) is 0 Å². The lowest BCUT2D eigenvalue weighted by Crippen LogP contribution is -2.29. The van der Waals surface area contributed by atoms with Gasteiger partial charge in [-0.25, -0.2) is 4.98 Å². The Bertz CT molecular complexity index is 1400. The molecular weight excluding hydrogens is 494 g/mol. The van der Waals surface area contributed by atoms with Crippen LogP contribution in [0.3, 0.4) is 0 Å². The van der Waals surface area contributed by atoms with Gasteiger partial charge >= 0.3 is 0 Å². The van der Waals surface area contributed by atoms with E-state index in [1.54, 1.807) is 20.4 Å². The highest BCUT2D eigenvalue weighted by atomic mass is 16.5. The van der Waals surface area contributed by atoms with Crippen LogP contribution >= 0.6 is 0 Å². The summed E-state index contributed by atoms with van der Waals surface area (Å²) >= 11 is 0. The second kappa shape index (κ2) is 13.8. The van der Waals surface area contributed by atoms with Gasteiger partial charge in [-0.1, -0.05) is 6.58 Å². The molecule has 2 aromatic carbocycles. The SMILES string of the molecule is C=CC=O.CNc1cc(Nc2nccc(-n3ccc4ccc(OC)cc43)n2)c(OC)cc1N(C)CCN(C)C. The number of ether oxygens (including phenoxy) is 2. The third-order valence-electron chi connectivity index (χ3n) is 6.01. The Morgan fingerprint density at radius 2 is 1.79 bits per heavy atom. The summed E-state index contributed by atoms with van der Waals surface area (Å²) in [5, 5.41) is 7.74. The normalized spacial score (nSPS) is 10.4. The third-order valence-corrected chi connectivity index (χ3v) is 6.01. The van der Waals surface area contributed by atoms with Crippen molar-refractivity contribution in [2.24, 2.45) is 0 Å². The number of nitrogens with one attached hydrogen (secondary N) is 2. The van der Waals surface area contributed by atoms with Crippen LogP contribution in [0.4, 0.5) is 23.0 Å². The summed E-state index contributed by atoms with van der Waals surface area (Å²) in [6.45, 7) is 4.95. The summed E-state index contributed by atoms with van der Waals surface area (Å²) in [6, 6.07) is 14.0. The number of benzene rings is 2. The van der Waals surface area contributed by atoms with Crippen molar-refractivity contribution in [1.29, 1.82) is 0 Å². The van der Waals surface area contributed by atoms with Gasteiger partial charge in [0.1, 0.15) is 23.6 Å². The fourth-order valence-electron chi connectivity index (χ4n) is 3.92. The van der Waals surface area contributed by atoms with E-state index in [0.29, 0.717) is 18.0 Å². The Morgan fingerprint density at radius 3 is 2.44 bits per heavy atom. The number of allylic oxidation sites excluding steroid dienone is 1. The maximum atomic E-state index is 9.06. The highest BCUT2D eigenvalue weighted by Gasteiger charge is 2.15. The molecule has 0 atom stereocenters. The molecule has 4 aromatic rings. The van der Waals surface area contributed by atoms with Crippen molar-refractivity contribution in [3.05, 3.63) is 67.5 Å². The van der Waals surface area contributed by atoms with Gasteiger partial charge < -0.3 is 34.5 Å². The Morgan fingerprint density at radius 1 is 1.03 bits per heavy atom. The lowest BCUT2D eigenvalue weighted by Gasteiger charge is -2.25. The van der Waals surface area contributed by atoms with Gasteiger partial charge in [-0.15, -0.1) is 0 Å². The minimum atomic E-state index is 0.473. The fourth-order valence-corrected chi connectivity index (χ4v) is 3.92. The number of fused-ring (bicyclic) bond motifs is 1. The van der Waals surface area contributed by atoms with Gasteiger partial charge in [0.05, 0.1) is 36.8 Å². The zero-order valence-corrected chi connectivity index (χ0v) is 23.4. The van der Waals surface area contributed by atoms with E-state index in [2.05, 4.69) is 59.2 Å². The van der Waals surface area contributed by atoms with Crippen molar-refractivity contribution in [1.82, 2.24) is 19.4 Å². The molecule has 0 aliphatic heterocycles. The van der Waals surface area contributed by atoms with E-state index in [9.17, 15) is 0 Å². The van der Waals surface area contributed by atoms with Crippen LogP contribution in [0.15, 0.2) is 67.5 Å². The molecule has 0 aliphatic rings. The van der Waals surface area contributed by atoms with Gasteiger partial charge in [-0.3, -0.25) is 4.79 Å². The van der Waals surface area contributed by atoms with E-state index in [0.717, 1.165) is 52.6 Å². The number of carbonyl (C=O) groups excluding carboxylic acids is 1. The Balaban J connectivity index is 0.000000983. The first-order valence-corrected chi connectivity index (χ1v) is 12.4. The minimum Gasteiger partial charge on any atom is -0.497 e. The van der Waals surface area contributed by atoms with E-state index in [1.807, 2.05) is 54.2 Å². The summed E-state index contributed by atoms with van der Waals surface area (Å²) in [7, 11) is 11.5. The molecular formula is C29H37N7O3. The topological polar surface area (TPSA) is 96.8 Å². The molecule has 2 heterocycles. The summed E-state index contributed by atoms with van der Waals surface area (Å²) in [5.74, 6) is 2.73. The Hall–Kier alpha value is -4.57. The maximum absolute atomic E-state index is 9.06. The summed E-state index contributed by atoms with van der Waals surface area (Å²) in [5.41, 5.74) is 3.82. The molecule has 2 aromatic heterocycles. The second-order valence-electron chi connectivity index (χ2n) is 8.89. The van der Waals surface area contributed by atoms with Gasteiger partial charge in [0, 0.05) is 57.1 Å². The van der Waals surface area contributed by atoms with Crippen LogP contribution in [-0.4, -0.2) is 81.2 Å². The first kappa shape index (κ1) is 29.0. The van der Waals surface area contributed by atoms with Crippen molar-refractivity contribution in [2.75, 3.05) is 71.0 Å². The molecule has 10 nitrogen and oxygen atoms in total. The number of carbonyl (C=O) groups is 1. The first-order chi connectivity index (χ1) is 18.8. The van der Waals surface area contributed by atoms with Crippen LogP contribution in [0.25, 0.3) is 16.7 Å². The van der Waals surface area contributed by atoms with Crippen molar-refractivity contribution in [3.8, 4) is 17.3 Å². The van der Waals surface area contributed by atoms with Crippen molar-refractivity contribution in [3.63, 3.8) is 0 Å². The standard InChI is InChI=1S/C26H33N7O2.C3H4O/c1-27-20-16-21(24(35-6)17-23(20)32(4)14-13-31(2)3)29-26-28-11-9-25(30-26)33-12-10-18-7-8-19(34-5)15-22(18)33;1-2-3-4/h7-12,15-17,27H,13-14H2,1-6H3,(H,28,29,30);2-3H,1H2. The highest BCUT2D eigenvalue weighted by molar-refractivity contribution is 5.83. The van der Waals surface area contributed by atoms with E-state index in [-0.39, 0.29) is 0 Å². The number of methoxy groups -OCH3 is 2.